The van der Waals surface area contributed by atoms with E-state index in [4.69, 9.17) is 0 Å². The molecule has 2 aromatic heterocycles. The summed E-state index contributed by atoms with van der Waals surface area (Å²) in [6.07, 6.45) is 0. The van der Waals surface area contributed by atoms with Gasteiger partial charge < -0.3 is 16.0 Å². The van der Waals surface area contributed by atoms with Gasteiger partial charge in [0.25, 0.3) is 0 Å². The van der Waals surface area contributed by atoms with E-state index >= 15 is 0 Å². The molecule has 0 saturated carbocycles. The summed E-state index contributed by atoms with van der Waals surface area (Å²) < 4.78 is 0. The van der Waals surface area contributed by atoms with Gasteiger partial charge in [-0.25, -0.2) is 0 Å². The third-order valence-electron chi connectivity index (χ3n) is 3.69. The third-order valence-corrected chi connectivity index (χ3v) is 3.69. The lowest BCUT2D eigenvalue weighted by Gasteiger charge is -2.13. The molecule has 4 aromatic rings. The van der Waals surface area contributed by atoms with Crippen molar-refractivity contribution in [3.63, 3.8) is 0 Å². The maximum Gasteiger partial charge on any atom is 0.233 e. The Morgan fingerprint density at radius 3 is 2.33 bits per heavy atom. The molecule has 2 heterocycles. The van der Waals surface area contributed by atoms with Crippen molar-refractivity contribution in [2.45, 2.75) is 19.9 Å². The molecule has 2 aromatic carbocycles. The number of hydrogen-bond acceptors (Lipinski definition) is 8. The summed E-state index contributed by atoms with van der Waals surface area (Å²) in [5.41, 5.74) is 3.20. The third kappa shape index (κ3) is 3.92. The Hall–Kier alpha value is -3.75. The Balaban J connectivity index is 1.68. The van der Waals surface area contributed by atoms with E-state index in [2.05, 4.69) is 46.3 Å². The predicted molar refractivity (Wildman–Crippen MR) is 105 cm³/mol. The zero-order chi connectivity index (χ0) is 18.6. The fourth-order valence-corrected chi connectivity index (χ4v) is 2.55. The van der Waals surface area contributed by atoms with Crippen LogP contribution in [-0.2, 0) is 0 Å². The van der Waals surface area contributed by atoms with Gasteiger partial charge in [-0.15, -0.1) is 5.10 Å². The topological polar surface area (TPSA) is 116 Å². The van der Waals surface area contributed by atoms with Crippen LogP contribution in [0.5, 0.6) is 0 Å². The number of benzene rings is 2. The number of fused-ring (bicyclic) bond motifs is 1. The van der Waals surface area contributed by atoms with Crippen molar-refractivity contribution >= 4 is 40.3 Å². The van der Waals surface area contributed by atoms with Crippen molar-refractivity contribution < 1.29 is 0 Å². The van der Waals surface area contributed by atoms with E-state index in [1.165, 1.54) is 0 Å². The van der Waals surface area contributed by atoms with Crippen molar-refractivity contribution in [2.75, 3.05) is 16.0 Å². The molecule has 9 nitrogen and oxygen atoms in total. The number of para-hydroxylation sites is 1. The minimum Gasteiger partial charge on any atom is -0.352 e. The van der Waals surface area contributed by atoms with E-state index in [1.807, 2.05) is 62.4 Å². The molecular weight excluding hydrogens is 342 g/mol. The number of hydrogen-bond donors (Lipinski definition) is 4. The van der Waals surface area contributed by atoms with Gasteiger partial charge in [0, 0.05) is 11.7 Å². The quantitative estimate of drug-likeness (QED) is 0.413. The van der Waals surface area contributed by atoms with Gasteiger partial charge in [-0.3, -0.25) is 5.10 Å². The van der Waals surface area contributed by atoms with Gasteiger partial charge in [-0.05, 0) is 38.1 Å². The molecule has 136 valence electrons. The van der Waals surface area contributed by atoms with Crippen LogP contribution in [0.4, 0.5) is 29.2 Å². The van der Waals surface area contributed by atoms with Crippen molar-refractivity contribution in [3.05, 3.63) is 48.5 Å². The SMILES string of the molecule is CC(C)Nc1nc(Nc2ccccc2)nc(Nc2cccc3[nH]nnc23)n1. The molecule has 0 fully saturated rings. The Kier molecular flexibility index (Phi) is 4.48. The van der Waals surface area contributed by atoms with E-state index in [-0.39, 0.29) is 6.04 Å². The lowest BCUT2D eigenvalue weighted by Crippen LogP contribution is -2.15. The summed E-state index contributed by atoms with van der Waals surface area (Å²) in [5.74, 6) is 1.32. The molecule has 0 aliphatic heterocycles. The van der Waals surface area contributed by atoms with E-state index in [0.717, 1.165) is 16.9 Å². The highest BCUT2D eigenvalue weighted by atomic mass is 15.3. The van der Waals surface area contributed by atoms with Gasteiger partial charge >= 0.3 is 0 Å². The second-order valence-corrected chi connectivity index (χ2v) is 6.23. The van der Waals surface area contributed by atoms with Gasteiger partial charge in [0.2, 0.25) is 17.8 Å². The molecule has 27 heavy (non-hydrogen) atoms. The first kappa shape index (κ1) is 16.7. The van der Waals surface area contributed by atoms with Crippen LogP contribution in [0.1, 0.15) is 13.8 Å². The number of aromatic nitrogens is 6. The molecule has 4 rings (SSSR count). The van der Waals surface area contributed by atoms with Gasteiger partial charge in [0.1, 0.15) is 5.52 Å². The molecule has 0 spiro atoms. The van der Waals surface area contributed by atoms with Gasteiger partial charge in [-0.2, -0.15) is 15.0 Å². The molecule has 0 aliphatic rings. The van der Waals surface area contributed by atoms with E-state index in [0.29, 0.717) is 23.4 Å². The standard InChI is InChI=1S/C18H19N9/c1-11(2)19-16-22-17(20-12-7-4-3-5-8-12)24-18(23-16)21-13-9-6-10-14-15(13)26-27-25-14/h3-11H,1-2H3,(H,25,26,27)(H3,19,20,21,22,23,24). The Bertz CT molecular complexity index is 1040. The maximum atomic E-state index is 4.48. The summed E-state index contributed by atoms with van der Waals surface area (Å²) in [5, 5.41) is 20.4. The van der Waals surface area contributed by atoms with E-state index in [1.54, 1.807) is 0 Å². The van der Waals surface area contributed by atoms with E-state index in [9.17, 15) is 0 Å². The molecule has 4 N–H and O–H groups in total. The van der Waals surface area contributed by atoms with Crippen LogP contribution < -0.4 is 16.0 Å². The second kappa shape index (κ2) is 7.24. The van der Waals surface area contributed by atoms with Crippen molar-refractivity contribution in [1.29, 1.82) is 0 Å². The molecule has 0 unspecified atom stereocenters. The molecule has 0 amide bonds. The number of nitrogens with one attached hydrogen (secondary N) is 4. The average Bonchev–Trinajstić information content (AvgIpc) is 3.12. The number of H-pyrrole nitrogens is 1. The summed E-state index contributed by atoms with van der Waals surface area (Å²) in [6, 6.07) is 15.6. The first-order chi connectivity index (χ1) is 13.2. The first-order valence-corrected chi connectivity index (χ1v) is 8.59. The lowest BCUT2D eigenvalue weighted by atomic mass is 10.2. The molecule has 0 saturated heterocycles. The largest absolute Gasteiger partial charge is 0.352 e. The smallest absolute Gasteiger partial charge is 0.233 e. The summed E-state index contributed by atoms with van der Waals surface area (Å²) in [7, 11) is 0. The predicted octanol–water partition coefficient (Wildman–Crippen LogP) is 3.45. The second-order valence-electron chi connectivity index (χ2n) is 6.23. The zero-order valence-corrected chi connectivity index (χ0v) is 14.9. The molecule has 0 bridgehead atoms. The molecular formula is C18H19N9. The van der Waals surface area contributed by atoms with Crippen LogP contribution in [0.15, 0.2) is 48.5 Å². The normalized spacial score (nSPS) is 10.9. The van der Waals surface area contributed by atoms with Crippen LogP contribution >= 0.6 is 0 Å². The monoisotopic (exact) mass is 361 g/mol. The number of aromatic amines is 1. The Labute approximate surface area is 155 Å². The molecule has 0 atom stereocenters. The molecule has 0 aliphatic carbocycles. The number of rotatable bonds is 6. The van der Waals surface area contributed by atoms with Crippen LogP contribution in [0.25, 0.3) is 11.0 Å². The van der Waals surface area contributed by atoms with Gasteiger partial charge in [0.15, 0.2) is 0 Å². The summed E-state index contributed by atoms with van der Waals surface area (Å²) >= 11 is 0. The lowest BCUT2D eigenvalue weighted by molar-refractivity contribution is 0.869. The van der Waals surface area contributed by atoms with Gasteiger partial charge in [0.05, 0.1) is 11.2 Å². The fraction of sp³-hybridized carbons (Fsp3) is 0.167. The fourth-order valence-electron chi connectivity index (χ4n) is 2.55. The number of anilines is 5. The minimum absolute atomic E-state index is 0.184. The van der Waals surface area contributed by atoms with Crippen LogP contribution in [-0.4, -0.2) is 36.4 Å². The van der Waals surface area contributed by atoms with Crippen LogP contribution in [0.3, 0.4) is 0 Å². The van der Waals surface area contributed by atoms with Crippen molar-refractivity contribution in [1.82, 2.24) is 30.4 Å². The summed E-state index contributed by atoms with van der Waals surface area (Å²) in [4.78, 5) is 13.4. The van der Waals surface area contributed by atoms with Gasteiger partial charge in [-0.1, -0.05) is 29.5 Å². The average molecular weight is 361 g/mol. The van der Waals surface area contributed by atoms with Crippen molar-refractivity contribution in [2.24, 2.45) is 0 Å². The Morgan fingerprint density at radius 1 is 0.815 bits per heavy atom. The highest BCUT2D eigenvalue weighted by Gasteiger charge is 2.11. The van der Waals surface area contributed by atoms with E-state index < -0.39 is 0 Å². The van der Waals surface area contributed by atoms with Crippen LogP contribution in [0, 0.1) is 0 Å². The first-order valence-electron chi connectivity index (χ1n) is 8.59. The Morgan fingerprint density at radius 2 is 1.56 bits per heavy atom. The zero-order valence-electron chi connectivity index (χ0n) is 14.9. The summed E-state index contributed by atoms with van der Waals surface area (Å²) in [6.45, 7) is 4.05. The van der Waals surface area contributed by atoms with Crippen LogP contribution in [0.2, 0.25) is 0 Å². The highest BCUT2D eigenvalue weighted by Crippen LogP contribution is 2.23. The molecule has 9 heteroatoms. The minimum atomic E-state index is 0.184. The maximum absolute atomic E-state index is 4.48. The highest BCUT2D eigenvalue weighted by molar-refractivity contribution is 5.88. The van der Waals surface area contributed by atoms with Crippen molar-refractivity contribution in [3.8, 4) is 0 Å². The number of nitrogens with zero attached hydrogens (tertiary/aromatic N) is 5. The molecule has 0 radical (unpaired) electrons.